The van der Waals surface area contributed by atoms with E-state index in [1.807, 2.05) is 12.1 Å². The molecule has 1 aliphatic rings. The smallest absolute Gasteiger partial charge is 0.204 e. The number of rotatable bonds is 2. The van der Waals surface area contributed by atoms with Crippen LogP contribution in [-0.2, 0) is 4.74 Å². The summed E-state index contributed by atoms with van der Waals surface area (Å²) in [5.41, 5.74) is 2.18. The van der Waals surface area contributed by atoms with Crippen LogP contribution in [0.5, 0.6) is 0 Å². The van der Waals surface area contributed by atoms with Crippen LogP contribution >= 0.6 is 12.4 Å². The van der Waals surface area contributed by atoms with Gasteiger partial charge >= 0.3 is 0 Å². The van der Waals surface area contributed by atoms with Gasteiger partial charge in [0.25, 0.3) is 0 Å². The molecular weight excluding hydrogens is 254 g/mol. The summed E-state index contributed by atoms with van der Waals surface area (Å²) in [5, 5.41) is 17.3. The van der Waals surface area contributed by atoms with E-state index < -0.39 is 0 Å². The highest BCUT2D eigenvalue weighted by Gasteiger charge is 2.15. The molecule has 0 spiro atoms. The highest BCUT2D eigenvalue weighted by Crippen LogP contribution is 2.19. The summed E-state index contributed by atoms with van der Waals surface area (Å²) >= 11 is 0. The SMILES string of the molecule is Cl.c1cc([C@@H]2COCCN2)ccc1-c1nn[nH]n1. The molecule has 2 N–H and O–H groups in total. The minimum absolute atomic E-state index is 0. The highest BCUT2D eigenvalue weighted by molar-refractivity contribution is 5.85. The van der Waals surface area contributed by atoms with Gasteiger partial charge in [-0.05, 0) is 10.8 Å². The van der Waals surface area contributed by atoms with Crippen LogP contribution in [0, 0.1) is 0 Å². The Morgan fingerprint density at radius 3 is 2.67 bits per heavy atom. The molecule has 0 unspecified atom stereocenters. The lowest BCUT2D eigenvalue weighted by Gasteiger charge is -2.24. The summed E-state index contributed by atoms with van der Waals surface area (Å²) in [5.74, 6) is 0.615. The van der Waals surface area contributed by atoms with Crippen molar-refractivity contribution in [2.45, 2.75) is 6.04 Å². The van der Waals surface area contributed by atoms with Crippen LogP contribution in [0.15, 0.2) is 24.3 Å². The zero-order chi connectivity index (χ0) is 11.5. The fourth-order valence-electron chi connectivity index (χ4n) is 1.93. The summed E-state index contributed by atoms with van der Waals surface area (Å²) in [6.07, 6.45) is 0. The fraction of sp³-hybridized carbons (Fsp3) is 0.364. The molecule has 2 aromatic rings. The van der Waals surface area contributed by atoms with Gasteiger partial charge in [0.1, 0.15) is 0 Å². The van der Waals surface area contributed by atoms with Gasteiger partial charge in [-0.1, -0.05) is 24.3 Å². The molecule has 0 bridgehead atoms. The Bertz CT molecular complexity index is 467. The summed E-state index contributed by atoms with van der Waals surface area (Å²) in [7, 11) is 0. The summed E-state index contributed by atoms with van der Waals surface area (Å²) in [6, 6.07) is 8.41. The van der Waals surface area contributed by atoms with E-state index in [0.717, 1.165) is 25.3 Å². The van der Waals surface area contributed by atoms with Gasteiger partial charge in [0, 0.05) is 12.1 Å². The Kier molecular flexibility index (Phi) is 4.24. The van der Waals surface area contributed by atoms with Gasteiger partial charge in [-0.2, -0.15) is 5.21 Å². The number of aromatic nitrogens is 4. The second-order valence-corrected chi connectivity index (χ2v) is 3.94. The van der Waals surface area contributed by atoms with Gasteiger partial charge < -0.3 is 10.1 Å². The van der Waals surface area contributed by atoms with Crippen molar-refractivity contribution in [3.8, 4) is 11.4 Å². The Balaban J connectivity index is 0.00000120. The minimum Gasteiger partial charge on any atom is -0.378 e. The van der Waals surface area contributed by atoms with E-state index in [4.69, 9.17) is 4.74 Å². The van der Waals surface area contributed by atoms with E-state index in [0.29, 0.717) is 5.82 Å². The van der Waals surface area contributed by atoms with Gasteiger partial charge in [0.05, 0.1) is 19.3 Å². The van der Waals surface area contributed by atoms with E-state index in [-0.39, 0.29) is 18.4 Å². The topological polar surface area (TPSA) is 75.7 Å². The summed E-state index contributed by atoms with van der Waals surface area (Å²) in [4.78, 5) is 0. The first-order chi connectivity index (χ1) is 8.43. The van der Waals surface area contributed by atoms with E-state index in [2.05, 4.69) is 38.1 Å². The molecule has 18 heavy (non-hydrogen) atoms. The van der Waals surface area contributed by atoms with Crippen LogP contribution < -0.4 is 5.32 Å². The number of morpholine rings is 1. The average molecular weight is 268 g/mol. The maximum absolute atomic E-state index is 5.44. The zero-order valence-corrected chi connectivity index (χ0v) is 10.5. The van der Waals surface area contributed by atoms with E-state index in [1.165, 1.54) is 5.56 Å². The molecule has 0 saturated carbocycles. The third kappa shape index (κ3) is 2.66. The van der Waals surface area contributed by atoms with Crippen molar-refractivity contribution >= 4 is 12.4 Å². The number of tetrazole rings is 1. The van der Waals surface area contributed by atoms with E-state index in [9.17, 15) is 0 Å². The Labute approximate surface area is 111 Å². The number of benzene rings is 1. The average Bonchev–Trinajstić information content (AvgIpc) is 2.94. The van der Waals surface area contributed by atoms with Crippen molar-refractivity contribution in [2.24, 2.45) is 0 Å². The monoisotopic (exact) mass is 267 g/mol. The van der Waals surface area contributed by atoms with Crippen LogP contribution in [0.3, 0.4) is 0 Å². The molecule has 0 radical (unpaired) electrons. The first kappa shape index (κ1) is 12.9. The number of hydrogen-bond donors (Lipinski definition) is 2. The van der Waals surface area contributed by atoms with Crippen molar-refractivity contribution in [1.82, 2.24) is 25.9 Å². The Morgan fingerprint density at radius 1 is 1.22 bits per heavy atom. The standard InChI is InChI=1S/C11H13N5O.ClH/c1-3-9(11-13-15-16-14-11)4-2-8(1)10-7-17-6-5-12-10;/h1-4,10,12H,5-7H2,(H,13,14,15,16);1H/t10-;/m0./s1. The molecule has 1 atom stereocenters. The molecule has 0 amide bonds. The summed E-state index contributed by atoms with van der Waals surface area (Å²) in [6.45, 7) is 2.41. The molecule has 1 aliphatic heterocycles. The predicted molar refractivity (Wildman–Crippen MR) is 68.4 cm³/mol. The highest BCUT2D eigenvalue weighted by atomic mass is 35.5. The lowest BCUT2D eigenvalue weighted by Crippen LogP contribution is -2.34. The summed E-state index contributed by atoms with van der Waals surface area (Å²) < 4.78 is 5.44. The number of nitrogens with one attached hydrogen (secondary N) is 2. The van der Waals surface area contributed by atoms with Crippen LogP contribution in [0.4, 0.5) is 0 Å². The third-order valence-electron chi connectivity index (χ3n) is 2.84. The van der Waals surface area contributed by atoms with Crippen LogP contribution in [0.1, 0.15) is 11.6 Å². The van der Waals surface area contributed by atoms with E-state index in [1.54, 1.807) is 0 Å². The van der Waals surface area contributed by atoms with Crippen LogP contribution in [0.2, 0.25) is 0 Å². The zero-order valence-electron chi connectivity index (χ0n) is 9.67. The number of aromatic amines is 1. The number of halogens is 1. The van der Waals surface area contributed by atoms with Crippen molar-refractivity contribution in [3.05, 3.63) is 29.8 Å². The second-order valence-electron chi connectivity index (χ2n) is 3.94. The van der Waals surface area contributed by atoms with Gasteiger partial charge in [-0.25, -0.2) is 0 Å². The normalized spacial score (nSPS) is 19.2. The third-order valence-corrected chi connectivity index (χ3v) is 2.84. The lowest BCUT2D eigenvalue weighted by atomic mass is 10.0. The molecule has 1 fully saturated rings. The minimum atomic E-state index is 0. The molecular formula is C11H14ClN5O. The quantitative estimate of drug-likeness (QED) is 0.847. The molecule has 1 saturated heterocycles. The Morgan fingerprint density at radius 2 is 2.06 bits per heavy atom. The molecule has 1 aromatic carbocycles. The maximum Gasteiger partial charge on any atom is 0.204 e. The molecule has 96 valence electrons. The largest absolute Gasteiger partial charge is 0.378 e. The van der Waals surface area contributed by atoms with Crippen molar-refractivity contribution in [3.63, 3.8) is 0 Å². The van der Waals surface area contributed by atoms with Gasteiger partial charge in [-0.3, -0.25) is 0 Å². The molecule has 0 aliphatic carbocycles. The Hall–Kier alpha value is -1.50. The number of ether oxygens (including phenoxy) is 1. The van der Waals surface area contributed by atoms with Gasteiger partial charge in [0.15, 0.2) is 0 Å². The molecule has 6 nitrogen and oxygen atoms in total. The van der Waals surface area contributed by atoms with Gasteiger partial charge in [-0.15, -0.1) is 22.6 Å². The van der Waals surface area contributed by atoms with Crippen LogP contribution in [0.25, 0.3) is 11.4 Å². The van der Waals surface area contributed by atoms with Crippen molar-refractivity contribution < 1.29 is 4.74 Å². The first-order valence-corrected chi connectivity index (χ1v) is 5.58. The molecule has 1 aromatic heterocycles. The second kappa shape index (κ2) is 5.90. The maximum atomic E-state index is 5.44. The number of H-pyrrole nitrogens is 1. The molecule has 3 rings (SSSR count). The van der Waals surface area contributed by atoms with Crippen LogP contribution in [-0.4, -0.2) is 40.4 Å². The predicted octanol–water partition coefficient (Wildman–Crippen LogP) is 0.949. The van der Waals surface area contributed by atoms with Gasteiger partial charge in [0.2, 0.25) is 5.82 Å². The van der Waals surface area contributed by atoms with Crippen molar-refractivity contribution in [1.29, 1.82) is 0 Å². The number of hydrogen-bond acceptors (Lipinski definition) is 5. The van der Waals surface area contributed by atoms with E-state index >= 15 is 0 Å². The first-order valence-electron chi connectivity index (χ1n) is 5.58. The molecule has 2 heterocycles. The van der Waals surface area contributed by atoms with Crippen molar-refractivity contribution in [2.75, 3.05) is 19.8 Å². The number of nitrogens with zero attached hydrogens (tertiary/aromatic N) is 3. The lowest BCUT2D eigenvalue weighted by molar-refractivity contribution is 0.0769. The fourth-order valence-corrected chi connectivity index (χ4v) is 1.93. The molecule has 7 heteroatoms.